The quantitative estimate of drug-likeness (QED) is 0.180. The average molecular weight is 825 g/mol. The number of ketones is 1. The largest absolute Gasteiger partial charge is 0.459 e. The monoisotopic (exact) mass is 824 g/mol. The first-order chi connectivity index (χ1) is 28.6. The van der Waals surface area contributed by atoms with Gasteiger partial charge in [-0.05, 0) is 96.8 Å². The highest BCUT2D eigenvalue weighted by Crippen LogP contribution is 2.48. The number of aromatic nitrogens is 1. The lowest BCUT2D eigenvalue weighted by Gasteiger charge is -2.47. The summed E-state index contributed by atoms with van der Waals surface area (Å²) in [4.78, 5) is 43.2. The first-order valence-corrected chi connectivity index (χ1v) is 21.7. The van der Waals surface area contributed by atoms with Crippen LogP contribution >= 0.6 is 0 Å². The first kappa shape index (κ1) is 44.0. The highest BCUT2D eigenvalue weighted by Gasteiger charge is 2.57. The summed E-state index contributed by atoms with van der Waals surface area (Å²) in [7, 11) is 3.85. The number of ether oxygens (including phenoxy) is 5. The van der Waals surface area contributed by atoms with Gasteiger partial charge in [-0.25, -0.2) is 0 Å². The van der Waals surface area contributed by atoms with E-state index in [2.05, 4.69) is 35.9 Å². The third-order valence-electron chi connectivity index (χ3n) is 13.6. The van der Waals surface area contributed by atoms with Crippen LogP contribution < -0.4 is 4.90 Å². The highest BCUT2D eigenvalue weighted by atomic mass is 16.7. The lowest BCUT2D eigenvalue weighted by atomic mass is 9.73. The normalized spacial score (nSPS) is 36.5. The molecular formula is C48H64N4O8. The van der Waals surface area contributed by atoms with Crippen LogP contribution in [0.1, 0.15) is 80.2 Å². The number of fused-ring (bicyclic) bond motifs is 4. The van der Waals surface area contributed by atoms with Gasteiger partial charge in [-0.1, -0.05) is 70.2 Å². The van der Waals surface area contributed by atoms with Crippen LogP contribution in [0.4, 0.5) is 11.4 Å². The van der Waals surface area contributed by atoms with Crippen LogP contribution in [0.25, 0.3) is 17.0 Å². The summed E-state index contributed by atoms with van der Waals surface area (Å²) < 4.78 is 33.4. The van der Waals surface area contributed by atoms with E-state index in [9.17, 15) is 14.7 Å². The van der Waals surface area contributed by atoms with Gasteiger partial charge in [0.2, 0.25) is 0 Å². The molecule has 2 aromatic carbocycles. The minimum Gasteiger partial charge on any atom is -0.459 e. The van der Waals surface area contributed by atoms with Crippen molar-refractivity contribution in [3.8, 4) is 0 Å². The summed E-state index contributed by atoms with van der Waals surface area (Å²) in [5.41, 5.74) is 2.47. The molecule has 60 heavy (non-hydrogen) atoms. The van der Waals surface area contributed by atoms with Gasteiger partial charge in [-0.2, -0.15) is 0 Å². The highest BCUT2D eigenvalue weighted by molar-refractivity contribution is 6.00. The molecule has 1 aromatic heterocycles. The molecule has 12 nitrogen and oxygen atoms in total. The Labute approximate surface area is 355 Å². The molecule has 13 atom stereocenters. The van der Waals surface area contributed by atoms with Crippen molar-refractivity contribution in [2.45, 2.75) is 129 Å². The third kappa shape index (κ3) is 8.43. The van der Waals surface area contributed by atoms with Gasteiger partial charge in [-0.15, -0.1) is 0 Å². The van der Waals surface area contributed by atoms with Gasteiger partial charge in [-0.3, -0.25) is 19.6 Å². The fraction of sp³-hybridized carbons (Fsp3) is 0.583. The molecule has 3 fully saturated rings. The molecule has 2 bridgehead atoms. The maximum absolute atomic E-state index is 14.7. The van der Waals surface area contributed by atoms with Crippen molar-refractivity contribution in [1.82, 2.24) is 9.88 Å². The molecule has 0 spiro atoms. The lowest BCUT2D eigenvalue weighted by Crippen LogP contribution is -2.60. The number of aliphatic imine (C=N–C) groups is 1. The van der Waals surface area contributed by atoms with E-state index >= 15 is 0 Å². The zero-order valence-corrected chi connectivity index (χ0v) is 36.9. The molecule has 4 aliphatic rings. The number of anilines is 1. The van der Waals surface area contributed by atoms with Crippen molar-refractivity contribution in [2.75, 3.05) is 32.3 Å². The second-order valence-electron chi connectivity index (χ2n) is 18.2. The Balaban J connectivity index is 1.33. The molecule has 0 amide bonds. The predicted molar refractivity (Wildman–Crippen MR) is 233 cm³/mol. The van der Waals surface area contributed by atoms with Gasteiger partial charge in [0, 0.05) is 35.2 Å². The number of likely N-dealkylation sites (N-methyl/N-ethyl adjacent to an activating group) is 1. The number of hydrogen-bond acceptors (Lipinski definition) is 12. The number of hydrogen-bond donors (Lipinski definition) is 1. The van der Waals surface area contributed by atoms with Crippen LogP contribution in [0.15, 0.2) is 71.9 Å². The van der Waals surface area contributed by atoms with Crippen molar-refractivity contribution in [3.05, 3.63) is 72.4 Å². The van der Waals surface area contributed by atoms with E-state index in [1.165, 1.54) is 0 Å². The minimum atomic E-state index is -1.18. The smallest absolute Gasteiger partial charge is 0.316 e. The number of carbonyl (C=O) groups excluding carboxylic acids is 2. The van der Waals surface area contributed by atoms with Gasteiger partial charge >= 0.3 is 5.97 Å². The van der Waals surface area contributed by atoms with Crippen molar-refractivity contribution < 1.29 is 38.4 Å². The Kier molecular flexibility index (Phi) is 13.0. The molecule has 0 unspecified atom stereocenters. The number of para-hydroxylation sites is 3. The van der Waals surface area contributed by atoms with E-state index in [1.54, 1.807) is 13.8 Å². The summed E-state index contributed by atoms with van der Waals surface area (Å²) in [6.45, 7) is 16.1. The van der Waals surface area contributed by atoms with Crippen molar-refractivity contribution in [1.29, 1.82) is 0 Å². The van der Waals surface area contributed by atoms with Crippen molar-refractivity contribution in [3.63, 3.8) is 0 Å². The number of cyclic esters (lactones) is 1. The Hall–Kier alpha value is -4.04. The van der Waals surface area contributed by atoms with E-state index in [0.717, 1.165) is 33.6 Å². The molecule has 3 saturated heterocycles. The Morgan fingerprint density at radius 3 is 2.50 bits per heavy atom. The fourth-order valence-electron chi connectivity index (χ4n) is 10.4. The van der Waals surface area contributed by atoms with Gasteiger partial charge in [0.25, 0.3) is 0 Å². The Morgan fingerprint density at radius 1 is 1.02 bits per heavy atom. The molecule has 3 aromatic rings. The number of rotatable bonds is 8. The van der Waals surface area contributed by atoms with Crippen LogP contribution in [-0.4, -0.2) is 114 Å². The van der Waals surface area contributed by atoms with E-state index in [0.29, 0.717) is 26.0 Å². The Morgan fingerprint density at radius 2 is 1.75 bits per heavy atom. The van der Waals surface area contributed by atoms with E-state index in [-0.39, 0.29) is 42.4 Å². The number of esters is 1. The van der Waals surface area contributed by atoms with Gasteiger partial charge in [0.15, 0.2) is 12.1 Å². The van der Waals surface area contributed by atoms with Gasteiger partial charge in [0.1, 0.15) is 30.5 Å². The van der Waals surface area contributed by atoms with Crippen LogP contribution in [0.3, 0.4) is 0 Å². The predicted octanol–water partition coefficient (Wildman–Crippen LogP) is 7.38. The summed E-state index contributed by atoms with van der Waals surface area (Å²) in [6.07, 6.45) is 3.30. The standard InChI is InChI=1S/C48H64N4O8/c1-11-39-48(8)43-30(4)40(50-36-20-14-15-21-37(36)52(43)27-57-48)28(2)25-47(7,56-22-16-17-33-24-34-18-12-13-19-35(34)49-26-33)44(31(5)41(53)32(6)45(55)59-39)60-46-42(54)38(51(9)10)23-29(3)58-46/h12-21,24,26,28-32,38-39,42-44,46,54H,11,22-23,25,27H2,1-10H3/b17-16-/t28-,29-,30+,31+,32-,38+,39-,42-,43-,44-,46+,47+,48-/m1/s1. The summed E-state index contributed by atoms with van der Waals surface area (Å²) in [5.74, 6) is -3.33. The minimum absolute atomic E-state index is 0.152. The SMILES string of the molecule is CC[C@H]1OC(=O)[C@H](C)C(=O)[C@H](C)[C@@H](O[C@@H]2O[C@H](C)C[C@H](N(C)C)[C@H]2O)[C@@](C)(OC/C=C\c2cnc3ccccc3c2)C[C@@H](C)C2=Nc3ccccc3N3CO[C@@]1(C)[C@H]3[C@H]2C. The summed E-state index contributed by atoms with van der Waals surface area (Å²) in [5, 5.41) is 12.8. The molecule has 7 rings (SSSR count). The lowest BCUT2D eigenvalue weighted by molar-refractivity contribution is -0.296. The van der Waals surface area contributed by atoms with Crippen molar-refractivity contribution >= 4 is 45.8 Å². The molecule has 0 aliphatic carbocycles. The number of pyridine rings is 1. The molecule has 1 N–H and O–H groups in total. The summed E-state index contributed by atoms with van der Waals surface area (Å²) in [6, 6.07) is 17.7. The maximum atomic E-state index is 14.7. The third-order valence-corrected chi connectivity index (χ3v) is 13.6. The van der Waals surface area contributed by atoms with Crippen LogP contribution in [0, 0.1) is 23.7 Å². The molecule has 4 aliphatic heterocycles. The second kappa shape index (κ2) is 17.7. The molecular weight excluding hydrogens is 761 g/mol. The van der Waals surface area contributed by atoms with Gasteiger partial charge in [0.05, 0.1) is 47.3 Å². The molecule has 5 heterocycles. The van der Waals surface area contributed by atoms with Crippen LogP contribution in [0.2, 0.25) is 0 Å². The van der Waals surface area contributed by atoms with Crippen molar-refractivity contribution in [2.24, 2.45) is 28.7 Å². The number of nitrogens with zero attached hydrogens (tertiary/aromatic N) is 4. The maximum Gasteiger partial charge on any atom is 0.316 e. The van der Waals surface area contributed by atoms with E-state index < -0.39 is 53.6 Å². The Bertz CT molecular complexity index is 2090. The molecule has 12 heteroatoms. The molecule has 324 valence electrons. The fourth-order valence-corrected chi connectivity index (χ4v) is 10.4. The molecule has 0 radical (unpaired) electrons. The second-order valence-corrected chi connectivity index (χ2v) is 18.2. The summed E-state index contributed by atoms with van der Waals surface area (Å²) >= 11 is 0. The number of Topliss-reactive ketones (excluding diaryl/α,β-unsaturated/α-hetero) is 1. The molecule has 0 saturated carbocycles. The first-order valence-electron chi connectivity index (χ1n) is 21.7. The van der Waals surface area contributed by atoms with E-state index in [4.69, 9.17) is 28.7 Å². The number of aliphatic hydroxyl groups excluding tert-OH is 1. The zero-order chi connectivity index (χ0) is 43.1. The number of aliphatic hydroxyl groups is 1. The number of carbonyl (C=O) groups is 2. The topological polar surface area (TPSA) is 132 Å². The average Bonchev–Trinajstić information content (AvgIpc) is 3.52. The van der Waals surface area contributed by atoms with Crippen LogP contribution in [0.5, 0.6) is 0 Å². The van der Waals surface area contributed by atoms with Crippen LogP contribution in [-0.2, 0) is 33.3 Å². The van der Waals surface area contributed by atoms with Gasteiger partial charge < -0.3 is 38.6 Å². The number of benzene rings is 2. The zero-order valence-electron chi connectivity index (χ0n) is 36.9. The van der Waals surface area contributed by atoms with E-state index in [1.807, 2.05) is 108 Å².